The number of benzene rings is 1. The first kappa shape index (κ1) is 21.1. The largest absolute Gasteiger partial charge is 0.493 e. The number of ether oxygens (including phenoxy) is 3. The summed E-state index contributed by atoms with van der Waals surface area (Å²) in [6.45, 7) is 4.15. The molecular weight excluding hydrogens is 396 g/mol. The minimum atomic E-state index is -0.620. The minimum Gasteiger partial charge on any atom is -0.493 e. The Morgan fingerprint density at radius 3 is 2.39 bits per heavy atom. The van der Waals surface area contributed by atoms with Gasteiger partial charge in [0.05, 0.1) is 27.9 Å². The number of hydrogen-bond donors (Lipinski definition) is 3. The molecule has 4 rings (SSSR count). The van der Waals surface area contributed by atoms with Gasteiger partial charge < -0.3 is 34.5 Å². The van der Waals surface area contributed by atoms with E-state index in [4.69, 9.17) is 19.2 Å². The molecule has 0 amide bonds. The zero-order valence-corrected chi connectivity index (χ0v) is 18.7. The number of anilines is 1. The molecule has 2 aliphatic rings. The second-order valence-electron chi connectivity index (χ2n) is 8.07. The van der Waals surface area contributed by atoms with Crippen LogP contribution >= 0.6 is 0 Å². The number of aliphatic hydroxyl groups excluding tert-OH is 1. The van der Waals surface area contributed by atoms with E-state index in [1.165, 1.54) is 18.4 Å². The summed E-state index contributed by atoms with van der Waals surface area (Å²) >= 11 is 0. The Hall–Kier alpha value is -3.13. The van der Waals surface area contributed by atoms with Crippen LogP contribution in [0.25, 0.3) is 0 Å². The second kappa shape index (κ2) is 8.19. The molecule has 1 aromatic heterocycles. The quantitative estimate of drug-likeness (QED) is 0.628. The summed E-state index contributed by atoms with van der Waals surface area (Å²) in [5.41, 5.74) is 3.39. The van der Waals surface area contributed by atoms with Crippen LogP contribution in [-0.4, -0.2) is 37.0 Å². The molecule has 31 heavy (non-hydrogen) atoms. The van der Waals surface area contributed by atoms with Crippen molar-refractivity contribution in [1.82, 2.24) is 9.88 Å². The van der Waals surface area contributed by atoms with Gasteiger partial charge in [0.25, 0.3) is 0 Å². The lowest BCUT2D eigenvalue weighted by atomic mass is 10.0. The molecule has 8 heteroatoms. The van der Waals surface area contributed by atoms with Gasteiger partial charge in [-0.1, -0.05) is 0 Å². The molecule has 8 nitrogen and oxygen atoms in total. The lowest BCUT2D eigenvalue weighted by molar-refractivity contribution is 0.280. The Bertz CT molecular complexity index is 1010. The van der Waals surface area contributed by atoms with Gasteiger partial charge >= 0.3 is 0 Å². The van der Waals surface area contributed by atoms with E-state index >= 15 is 0 Å². The molecule has 166 valence electrons. The second-order valence-corrected chi connectivity index (χ2v) is 8.07. The first-order chi connectivity index (χ1) is 14.9. The molecule has 1 atom stereocenters. The predicted octanol–water partition coefficient (Wildman–Crippen LogP) is 3.53. The summed E-state index contributed by atoms with van der Waals surface area (Å²) in [6, 6.07) is 3.66. The van der Waals surface area contributed by atoms with Gasteiger partial charge in [-0.2, -0.15) is 0 Å². The zero-order valence-electron chi connectivity index (χ0n) is 18.7. The number of methoxy groups -OCH3 is 3. The Labute approximate surface area is 182 Å². The summed E-state index contributed by atoms with van der Waals surface area (Å²) in [5, 5.41) is 16.4. The van der Waals surface area contributed by atoms with E-state index in [0.717, 1.165) is 16.8 Å². The van der Waals surface area contributed by atoms with E-state index in [9.17, 15) is 5.11 Å². The third-order valence-corrected chi connectivity index (χ3v) is 6.06. The van der Waals surface area contributed by atoms with E-state index in [1.54, 1.807) is 21.3 Å². The lowest BCUT2D eigenvalue weighted by Crippen LogP contribution is -2.40. The molecule has 1 unspecified atom stereocenters. The van der Waals surface area contributed by atoms with Crippen LogP contribution < -0.4 is 24.8 Å². The third-order valence-electron chi connectivity index (χ3n) is 6.06. The van der Waals surface area contributed by atoms with Gasteiger partial charge in [-0.05, 0) is 49.3 Å². The number of guanidine groups is 1. The van der Waals surface area contributed by atoms with Crippen molar-refractivity contribution in [2.24, 2.45) is 4.99 Å². The van der Waals surface area contributed by atoms with Crippen LogP contribution in [0.2, 0.25) is 0 Å². The summed E-state index contributed by atoms with van der Waals surface area (Å²) < 4.78 is 18.4. The third kappa shape index (κ3) is 3.83. The average Bonchev–Trinajstić information content (AvgIpc) is 3.53. The van der Waals surface area contributed by atoms with Gasteiger partial charge in [0.1, 0.15) is 0 Å². The van der Waals surface area contributed by atoms with Crippen LogP contribution in [-0.2, 0) is 12.3 Å². The molecule has 2 heterocycles. The number of aliphatic imine (C=N–C) groups is 1. The SMILES string of the molecule is COc1cc(NC2=NC(C)(n3cc(CO)c(C4CC4)c3)C(C)=CN2)cc(OC)c1OC. The van der Waals surface area contributed by atoms with E-state index in [0.29, 0.717) is 29.1 Å². The van der Waals surface area contributed by atoms with Crippen LogP contribution in [0.4, 0.5) is 5.69 Å². The van der Waals surface area contributed by atoms with Gasteiger partial charge in [0.15, 0.2) is 17.2 Å². The summed E-state index contributed by atoms with van der Waals surface area (Å²) in [4.78, 5) is 4.98. The Kier molecular flexibility index (Phi) is 5.58. The van der Waals surface area contributed by atoms with Crippen molar-refractivity contribution in [3.05, 3.63) is 47.4 Å². The standard InChI is InChI=1S/C23H30N4O4/c1-14-10-24-22(25-17-8-19(29-3)21(31-5)20(9-17)30-4)26-23(14,2)27-11-16(13-28)18(12-27)15-6-7-15/h8-12,15,28H,6-7,13H2,1-5H3,(H2,24,25,26). The van der Waals surface area contributed by atoms with E-state index in [-0.39, 0.29) is 6.61 Å². The highest BCUT2D eigenvalue weighted by atomic mass is 16.5. The molecule has 1 fully saturated rings. The van der Waals surface area contributed by atoms with Crippen molar-refractivity contribution in [3.8, 4) is 17.2 Å². The highest BCUT2D eigenvalue weighted by molar-refractivity contribution is 5.96. The highest BCUT2D eigenvalue weighted by Crippen LogP contribution is 2.44. The van der Waals surface area contributed by atoms with Crippen LogP contribution in [0.1, 0.15) is 43.7 Å². The number of aliphatic hydroxyl groups is 1. The molecular formula is C23H30N4O4. The van der Waals surface area contributed by atoms with Crippen molar-refractivity contribution in [2.75, 3.05) is 26.6 Å². The molecule has 1 aliphatic carbocycles. The Balaban J connectivity index is 1.67. The fraction of sp³-hybridized carbons (Fsp3) is 0.435. The maximum atomic E-state index is 9.82. The Morgan fingerprint density at radius 1 is 1.16 bits per heavy atom. The smallest absolute Gasteiger partial charge is 0.203 e. The van der Waals surface area contributed by atoms with E-state index in [1.807, 2.05) is 31.5 Å². The van der Waals surface area contributed by atoms with Gasteiger partial charge in [-0.15, -0.1) is 0 Å². The van der Waals surface area contributed by atoms with Crippen LogP contribution in [0.5, 0.6) is 17.2 Å². The van der Waals surface area contributed by atoms with Gasteiger partial charge in [-0.3, -0.25) is 0 Å². The number of aromatic nitrogens is 1. The minimum absolute atomic E-state index is 0.0379. The molecule has 3 N–H and O–H groups in total. The number of rotatable bonds is 7. The molecule has 1 aliphatic heterocycles. The molecule has 0 bridgehead atoms. The van der Waals surface area contributed by atoms with Gasteiger partial charge in [0, 0.05) is 36.4 Å². The van der Waals surface area contributed by atoms with Crippen molar-refractivity contribution in [3.63, 3.8) is 0 Å². The molecule has 1 saturated carbocycles. The topological polar surface area (TPSA) is 89.3 Å². The first-order valence-electron chi connectivity index (χ1n) is 10.4. The van der Waals surface area contributed by atoms with Gasteiger partial charge in [-0.25, -0.2) is 4.99 Å². The first-order valence-corrected chi connectivity index (χ1v) is 10.4. The Morgan fingerprint density at radius 2 is 1.84 bits per heavy atom. The van der Waals surface area contributed by atoms with Crippen molar-refractivity contribution in [2.45, 2.75) is 44.9 Å². The maximum absolute atomic E-state index is 9.82. The predicted molar refractivity (Wildman–Crippen MR) is 120 cm³/mol. The molecule has 0 radical (unpaired) electrons. The number of hydrogen-bond acceptors (Lipinski definition) is 7. The van der Waals surface area contributed by atoms with Crippen LogP contribution in [0, 0.1) is 0 Å². The normalized spacial score (nSPS) is 20.5. The fourth-order valence-corrected chi connectivity index (χ4v) is 3.92. The molecule has 1 aromatic carbocycles. The average molecular weight is 427 g/mol. The maximum Gasteiger partial charge on any atom is 0.203 e. The summed E-state index contributed by atoms with van der Waals surface area (Å²) in [6.07, 6.45) is 8.45. The summed E-state index contributed by atoms with van der Waals surface area (Å²) in [7, 11) is 4.75. The number of nitrogens with one attached hydrogen (secondary N) is 2. The van der Waals surface area contributed by atoms with Crippen LogP contribution in [0.3, 0.4) is 0 Å². The molecule has 0 spiro atoms. The van der Waals surface area contributed by atoms with E-state index < -0.39 is 5.66 Å². The monoisotopic (exact) mass is 426 g/mol. The zero-order chi connectivity index (χ0) is 22.2. The van der Waals surface area contributed by atoms with Crippen molar-refractivity contribution < 1.29 is 19.3 Å². The molecule has 0 saturated heterocycles. The van der Waals surface area contributed by atoms with Crippen LogP contribution in [0.15, 0.2) is 41.3 Å². The highest BCUT2D eigenvalue weighted by Gasteiger charge is 2.34. The molecule has 2 aromatic rings. The lowest BCUT2D eigenvalue weighted by Gasteiger charge is -2.33. The fourth-order valence-electron chi connectivity index (χ4n) is 3.92. The van der Waals surface area contributed by atoms with Gasteiger partial charge in [0.2, 0.25) is 11.7 Å². The van der Waals surface area contributed by atoms with Crippen molar-refractivity contribution in [1.29, 1.82) is 0 Å². The number of nitrogens with zero attached hydrogens (tertiary/aromatic N) is 2. The van der Waals surface area contributed by atoms with E-state index in [2.05, 4.69) is 28.3 Å². The van der Waals surface area contributed by atoms with Crippen molar-refractivity contribution >= 4 is 11.6 Å². The summed E-state index contributed by atoms with van der Waals surface area (Å²) in [5.74, 6) is 2.80.